The number of likely N-dealkylation sites (tertiary alicyclic amines) is 1. The molecule has 0 bridgehead atoms. The molecule has 1 aromatic carbocycles. The van der Waals surface area contributed by atoms with Crippen LogP contribution in [0.3, 0.4) is 0 Å². The van der Waals surface area contributed by atoms with Crippen LogP contribution in [0.1, 0.15) is 38.5 Å². The lowest BCUT2D eigenvalue weighted by atomic mass is 10.2. The summed E-state index contributed by atoms with van der Waals surface area (Å²) in [7, 11) is 0. The van der Waals surface area contributed by atoms with E-state index in [2.05, 4.69) is 15.2 Å². The summed E-state index contributed by atoms with van der Waals surface area (Å²) in [4.78, 5) is 31.2. The summed E-state index contributed by atoms with van der Waals surface area (Å²) < 4.78 is 1.51. The number of nitrogens with one attached hydrogen (secondary N) is 1. The third-order valence-corrected chi connectivity index (χ3v) is 4.98. The van der Waals surface area contributed by atoms with Crippen molar-refractivity contribution in [1.82, 2.24) is 19.8 Å². The van der Waals surface area contributed by atoms with Gasteiger partial charge in [-0.05, 0) is 51.0 Å². The topological polar surface area (TPSA) is 67.2 Å². The van der Waals surface area contributed by atoms with E-state index in [9.17, 15) is 9.59 Å². The zero-order chi connectivity index (χ0) is 18.2. The predicted octanol–water partition coefficient (Wildman–Crippen LogP) is 2.17. The van der Waals surface area contributed by atoms with E-state index in [4.69, 9.17) is 0 Å². The smallest absolute Gasteiger partial charge is 0.261 e. The van der Waals surface area contributed by atoms with Crippen molar-refractivity contribution in [2.24, 2.45) is 0 Å². The molecule has 0 atom stereocenters. The van der Waals surface area contributed by atoms with Crippen molar-refractivity contribution in [3.05, 3.63) is 40.9 Å². The van der Waals surface area contributed by atoms with E-state index in [1.54, 1.807) is 6.07 Å². The molecule has 0 radical (unpaired) electrons. The summed E-state index contributed by atoms with van der Waals surface area (Å²) >= 11 is 0. The fraction of sp³-hybridized carbons (Fsp3) is 0.550. The van der Waals surface area contributed by atoms with Gasteiger partial charge in [0.25, 0.3) is 5.56 Å². The van der Waals surface area contributed by atoms with E-state index in [1.807, 2.05) is 18.2 Å². The Labute approximate surface area is 154 Å². The second-order valence-electron chi connectivity index (χ2n) is 6.97. The van der Waals surface area contributed by atoms with Crippen molar-refractivity contribution in [2.75, 3.05) is 26.2 Å². The van der Waals surface area contributed by atoms with Gasteiger partial charge in [-0.2, -0.15) is 0 Å². The fourth-order valence-corrected chi connectivity index (χ4v) is 3.47. The Hall–Kier alpha value is -2.21. The second kappa shape index (κ2) is 9.48. The maximum absolute atomic E-state index is 12.4. The molecule has 3 rings (SSSR count). The highest BCUT2D eigenvalue weighted by Gasteiger charge is 2.09. The Kier molecular flexibility index (Phi) is 6.77. The Morgan fingerprint density at radius 3 is 2.65 bits per heavy atom. The largest absolute Gasteiger partial charge is 0.356 e. The summed E-state index contributed by atoms with van der Waals surface area (Å²) in [5, 5.41) is 3.55. The molecule has 0 saturated carbocycles. The molecule has 0 unspecified atom stereocenters. The minimum Gasteiger partial charge on any atom is -0.356 e. The van der Waals surface area contributed by atoms with Crippen molar-refractivity contribution in [3.63, 3.8) is 0 Å². The molecule has 140 valence electrons. The number of para-hydroxylation sites is 1. The predicted molar refractivity (Wildman–Crippen MR) is 103 cm³/mol. The first-order chi connectivity index (χ1) is 12.7. The molecule has 1 aromatic heterocycles. The van der Waals surface area contributed by atoms with Gasteiger partial charge >= 0.3 is 0 Å². The highest BCUT2D eigenvalue weighted by Crippen LogP contribution is 2.09. The van der Waals surface area contributed by atoms with Crippen LogP contribution in [0.4, 0.5) is 0 Å². The van der Waals surface area contributed by atoms with Crippen LogP contribution >= 0.6 is 0 Å². The molecule has 2 aromatic rings. The number of benzene rings is 1. The highest BCUT2D eigenvalue weighted by atomic mass is 16.1. The molecule has 0 spiro atoms. The number of nitrogens with zero attached hydrogens (tertiary/aromatic N) is 3. The number of fused-ring (bicyclic) bond motifs is 1. The van der Waals surface area contributed by atoms with E-state index < -0.39 is 0 Å². The summed E-state index contributed by atoms with van der Waals surface area (Å²) in [6.45, 7) is 4.47. The van der Waals surface area contributed by atoms with E-state index >= 15 is 0 Å². The van der Waals surface area contributed by atoms with Crippen molar-refractivity contribution >= 4 is 16.8 Å². The standard InChI is InChI=1S/C20H28N4O2/c25-19(21-11-7-14-23-12-5-1-2-6-13-23)10-15-24-16-22-18-9-4-3-8-17(18)20(24)26/h3-4,8-9,16H,1-2,5-7,10-15H2,(H,21,25). The van der Waals surface area contributed by atoms with Gasteiger partial charge in [0.15, 0.2) is 0 Å². The van der Waals surface area contributed by atoms with E-state index in [0.717, 1.165) is 13.0 Å². The third kappa shape index (κ3) is 5.14. The molecule has 1 saturated heterocycles. The Bertz CT molecular complexity index is 779. The van der Waals surface area contributed by atoms with Gasteiger partial charge in [0, 0.05) is 19.5 Å². The molecule has 1 aliphatic heterocycles. The second-order valence-corrected chi connectivity index (χ2v) is 6.97. The van der Waals surface area contributed by atoms with Gasteiger partial charge in [0.05, 0.1) is 17.2 Å². The molecular weight excluding hydrogens is 328 g/mol. The van der Waals surface area contributed by atoms with Gasteiger partial charge in [0.2, 0.25) is 5.91 Å². The molecule has 2 heterocycles. The molecular formula is C20H28N4O2. The Balaban J connectivity index is 1.40. The summed E-state index contributed by atoms with van der Waals surface area (Å²) in [5.74, 6) is -0.0130. The number of amides is 1. The zero-order valence-electron chi connectivity index (χ0n) is 15.3. The van der Waals surface area contributed by atoms with Gasteiger partial charge < -0.3 is 10.2 Å². The van der Waals surface area contributed by atoms with Crippen molar-refractivity contribution in [3.8, 4) is 0 Å². The van der Waals surface area contributed by atoms with Crippen LogP contribution in [0.15, 0.2) is 35.4 Å². The first-order valence-electron chi connectivity index (χ1n) is 9.67. The molecule has 1 amide bonds. The molecule has 1 aliphatic rings. The van der Waals surface area contributed by atoms with E-state index in [0.29, 0.717) is 30.4 Å². The van der Waals surface area contributed by atoms with Gasteiger partial charge in [-0.15, -0.1) is 0 Å². The molecule has 0 aliphatic carbocycles. The average Bonchev–Trinajstić information content (AvgIpc) is 2.94. The van der Waals surface area contributed by atoms with E-state index in [1.165, 1.54) is 49.7 Å². The number of rotatable bonds is 7. The van der Waals surface area contributed by atoms with Crippen molar-refractivity contribution in [2.45, 2.75) is 45.1 Å². The minimum absolute atomic E-state index is 0.0130. The molecule has 1 fully saturated rings. The molecule has 26 heavy (non-hydrogen) atoms. The first kappa shape index (κ1) is 18.6. The van der Waals surface area contributed by atoms with Crippen LogP contribution in [-0.4, -0.2) is 46.5 Å². The quantitative estimate of drug-likeness (QED) is 0.772. The van der Waals surface area contributed by atoms with Gasteiger partial charge in [-0.3, -0.25) is 14.2 Å². The summed E-state index contributed by atoms with van der Waals surface area (Å²) in [6, 6.07) is 7.27. The molecule has 1 N–H and O–H groups in total. The van der Waals surface area contributed by atoms with Crippen LogP contribution in [0.25, 0.3) is 10.9 Å². The van der Waals surface area contributed by atoms with Gasteiger partial charge in [-0.25, -0.2) is 4.98 Å². The van der Waals surface area contributed by atoms with Crippen LogP contribution in [0.5, 0.6) is 0 Å². The lowest BCUT2D eigenvalue weighted by molar-refractivity contribution is -0.121. The highest BCUT2D eigenvalue weighted by molar-refractivity contribution is 5.77. The van der Waals surface area contributed by atoms with Crippen molar-refractivity contribution in [1.29, 1.82) is 0 Å². The molecule has 6 nitrogen and oxygen atoms in total. The lowest BCUT2D eigenvalue weighted by Crippen LogP contribution is -2.31. The SMILES string of the molecule is O=C(CCn1cnc2ccccc2c1=O)NCCCN1CCCCCC1. The van der Waals surface area contributed by atoms with Crippen LogP contribution in [0, 0.1) is 0 Å². The number of hydrogen-bond acceptors (Lipinski definition) is 4. The summed E-state index contributed by atoms with van der Waals surface area (Å²) in [5.41, 5.74) is 0.594. The average molecular weight is 356 g/mol. The van der Waals surface area contributed by atoms with Crippen molar-refractivity contribution < 1.29 is 4.79 Å². The third-order valence-electron chi connectivity index (χ3n) is 4.98. The maximum atomic E-state index is 12.4. The Morgan fingerprint density at radius 1 is 1.08 bits per heavy atom. The number of aromatic nitrogens is 2. The van der Waals surface area contributed by atoms with Crippen LogP contribution in [0.2, 0.25) is 0 Å². The molecule has 6 heteroatoms. The number of hydrogen-bond donors (Lipinski definition) is 1. The monoisotopic (exact) mass is 356 g/mol. The number of aryl methyl sites for hydroxylation is 1. The van der Waals surface area contributed by atoms with Crippen LogP contribution in [-0.2, 0) is 11.3 Å². The Morgan fingerprint density at radius 2 is 1.85 bits per heavy atom. The maximum Gasteiger partial charge on any atom is 0.261 e. The van der Waals surface area contributed by atoms with Gasteiger partial charge in [-0.1, -0.05) is 25.0 Å². The number of carbonyl (C=O) groups excluding carboxylic acids is 1. The lowest BCUT2D eigenvalue weighted by Gasteiger charge is -2.19. The summed E-state index contributed by atoms with van der Waals surface area (Å²) in [6.07, 6.45) is 8.07. The first-order valence-corrected chi connectivity index (χ1v) is 9.67. The van der Waals surface area contributed by atoms with Gasteiger partial charge in [0.1, 0.15) is 0 Å². The zero-order valence-corrected chi connectivity index (χ0v) is 15.3. The van der Waals surface area contributed by atoms with Crippen LogP contribution < -0.4 is 10.9 Å². The fourth-order valence-electron chi connectivity index (χ4n) is 3.47. The minimum atomic E-state index is -0.0930. The number of carbonyl (C=O) groups is 1. The van der Waals surface area contributed by atoms with E-state index in [-0.39, 0.29) is 11.5 Å². The normalized spacial score (nSPS) is 15.7.